The standard InChI is InChI=1S/C35H46O20/c1-14-24(42)26(44)28(46)33(51-14)50-13-22-31(54-23(41)7-4-15-2-5-17(37)19(39)10-15)32(55-35-29(47)27(45)25(43)21(12-36)52-35)30(48)34(53-22)49-9-8-16-3-6-18(38)20(40)11-16/h2-7,10-11,14,21-22,24-40,42-48H,8-9,12-13H2,1H3. The lowest BCUT2D eigenvalue weighted by Crippen LogP contribution is -2.66. The van der Waals surface area contributed by atoms with Crippen LogP contribution in [-0.2, 0) is 44.4 Å². The number of aromatic hydroxyl groups is 4. The molecule has 20 heteroatoms. The average molecular weight is 787 g/mol. The van der Waals surface area contributed by atoms with Gasteiger partial charge in [-0.05, 0) is 54.8 Å². The predicted molar refractivity (Wildman–Crippen MR) is 180 cm³/mol. The third kappa shape index (κ3) is 10.0. The lowest BCUT2D eigenvalue weighted by atomic mass is 9.96. The molecule has 5 rings (SSSR count). The Kier molecular flexibility index (Phi) is 14.3. The fraction of sp³-hybridized carbons (Fsp3) is 0.571. The monoisotopic (exact) mass is 786 g/mol. The number of phenolic OH excluding ortho intramolecular Hbond substituents is 4. The van der Waals surface area contributed by atoms with Crippen LogP contribution in [0.2, 0.25) is 0 Å². The van der Waals surface area contributed by atoms with Crippen molar-refractivity contribution in [1.82, 2.24) is 0 Å². The van der Waals surface area contributed by atoms with Gasteiger partial charge in [0.1, 0.15) is 61.0 Å². The van der Waals surface area contributed by atoms with E-state index in [9.17, 15) is 66.1 Å². The van der Waals surface area contributed by atoms with Crippen molar-refractivity contribution in [1.29, 1.82) is 0 Å². The summed E-state index contributed by atoms with van der Waals surface area (Å²) in [6.45, 7) is -0.242. The maximum absolute atomic E-state index is 13.3. The number of ether oxygens (including phenoxy) is 7. The molecule has 20 nitrogen and oxygen atoms in total. The van der Waals surface area contributed by atoms with Crippen LogP contribution in [0.15, 0.2) is 42.5 Å². The number of carbonyl (C=O) groups excluding carboxylic acids is 1. The summed E-state index contributed by atoms with van der Waals surface area (Å²) < 4.78 is 40.2. The topological polar surface area (TPSA) is 324 Å². The van der Waals surface area contributed by atoms with Crippen LogP contribution in [-0.4, -0.2) is 179 Å². The first-order chi connectivity index (χ1) is 26.1. The van der Waals surface area contributed by atoms with Gasteiger partial charge in [-0.1, -0.05) is 12.1 Å². The molecule has 0 spiro atoms. The van der Waals surface area contributed by atoms with E-state index < -0.39 is 129 Å². The van der Waals surface area contributed by atoms with Gasteiger partial charge in [-0.3, -0.25) is 0 Å². The number of rotatable bonds is 13. The molecule has 3 fully saturated rings. The molecule has 3 aliphatic rings. The zero-order chi connectivity index (χ0) is 40.1. The van der Waals surface area contributed by atoms with Crippen LogP contribution in [0.3, 0.4) is 0 Å². The SMILES string of the molecule is CC1OC(OCC2OC(OCCc3ccc(O)c(O)c3)C(O)C(OC3OC(CO)C(O)C(O)C3O)C2OC(=O)C=Cc2ccc(O)c(O)c2)C(O)C(O)C1O. The van der Waals surface area contributed by atoms with Crippen molar-refractivity contribution >= 4 is 12.0 Å². The zero-order valence-electron chi connectivity index (χ0n) is 29.2. The van der Waals surface area contributed by atoms with E-state index in [-0.39, 0.29) is 24.3 Å². The molecule has 12 N–H and O–H groups in total. The van der Waals surface area contributed by atoms with Crippen molar-refractivity contribution in [3.05, 3.63) is 53.6 Å². The average Bonchev–Trinajstić information content (AvgIpc) is 3.16. The summed E-state index contributed by atoms with van der Waals surface area (Å²) in [5, 5.41) is 123. The van der Waals surface area contributed by atoms with Gasteiger partial charge < -0.3 is 94.4 Å². The Hall–Kier alpha value is -3.71. The van der Waals surface area contributed by atoms with E-state index >= 15 is 0 Å². The highest BCUT2D eigenvalue weighted by Crippen LogP contribution is 2.33. The molecule has 0 saturated carbocycles. The van der Waals surface area contributed by atoms with Gasteiger partial charge in [-0.2, -0.15) is 0 Å². The number of esters is 1. The van der Waals surface area contributed by atoms with E-state index in [1.165, 1.54) is 43.3 Å². The van der Waals surface area contributed by atoms with E-state index in [0.29, 0.717) is 5.56 Å². The third-order valence-electron chi connectivity index (χ3n) is 9.36. The van der Waals surface area contributed by atoms with Gasteiger partial charge in [-0.25, -0.2) is 4.79 Å². The molecular weight excluding hydrogens is 740 g/mol. The van der Waals surface area contributed by atoms with E-state index in [1.54, 1.807) is 0 Å². The van der Waals surface area contributed by atoms with Crippen LogP contribution < -0.4 is 0 Å². The molecule has 3 heterocycles. The van der Waals surface area contributed by atoms with Crippen molar-refractivity contribution in [2.45, 2.75) is 105 Å². The minimum Gasteiger partial charge on any atom is -0.504 e. The van der Waals surface area contributed by atoms with Gasteiger partial charge in [0.2, 0.25) is 0 Å². The molecule has 0 aliphatic carbocycles. The fourth-order valence-corrected chi connectivity index (χ4v) is 6.14. The molecular formula is C35H46O20. The van der Waals surface area contributed by atoms with Gasteiger partial charge in [0.15, 0.2) is 48.0 Å². The molecule has 0 amide bonds. The summed E-state index contributed by atoms with van der Waals surface area (Å²) in [6, 6.07) is 7.73. The van der Waals surface area contributed by atoms with Gasteiger partial charge >= 0.3 is 5.97 Å². The van der Waals surface area contributed by atoms with Crippen LogP contribution in [0.4, 0.5) is 0 Å². The van der Waals surface area contributed by atoms with Crippen LogP contribution in [0, 0.1) is 0 Å². The summed E-state index contributed by atoms with van der Waals surface area (Å²) in [5.41, 5.74) is 0.767. The second-order valence-corrected chi connectivity index (χ2v) is 13.3. The Bertz CT molecular complexity index is 1610. The quantitative estimate of drug-likeness (QED) is 0.0541. The Morgan fingerprint density at radius 1 is 0.673 bits per heavy atom. The second-order valence-electron chi connectivity index (χ2n) is 13.3. The molecule has 2 aromatic carbocycles. The van der Waals surface area contributed by atoms with Crippen LogP contribution in [0.1, 0.15) is 18.1 Å². The molecule has 0 bridgehead atoms. The predicted octanol–water partition coefficient (Wildman–Crippen LogP) is -3.19. The van der Waals surface area contributed by atoms with E-state index in [1.807, 2.05) is 0 Å². The molecule has 15 unspecified atom stereocenters. The number of phenols is 4. The van der Waals surface area contributed by atoms with E-state index in [0.717, 1.165) is 12.1 Å². The smallest absolute Gasteiger partial charge is 0.331 e. The Morgan fingerprint density at radius 3 is 1.96 bits per heavy atom. The van der Waals surface area contributed by atoms with Crippen LogP contribution >= 0.6 is 0 Å². The van der Waals surface area contributed by atoms with Crippen LogP contribution in [0.5, 0.6) is 23.0 Å². The van der Waals surface area contributed by atoms with Crippen molar-refractivity contribution in [3.8, 4) is 23.0 Å². The molecule has 3 saturated heterocycles. The minimum absolute atomic E-state index is 0.107. The van der Waals surface area contributed by atoms with Gasteiger partial charge in [-0.15, -0.1) is 0 Å². The van der Waals surface area contributed by atoms with Gasteiger partial charge in [0.05, 0.1) is 25.9 Å². The zero-order valence-corrected chi connectivity index (χ0v) is 29.2. The first-order valence-electron chi connectivity index (χ1n) is 17.2. The molecule has 15 atom stereocenters. The molecule has 0 aromatic heterocycles. The summed E-state index contributed by atoms with van der Waals surface area (Å²) >= 11 is 0. The largest absolute Gasteiger partial charge is 0.504 e. The fourth-order valence-electron chi connectivity index (χ4n) is 6.14. The maximum Gasteiger partial charge on any atom is 0.331 e. The number of aliphatic hydroxyl groups is 8. The van der Waals surface area contributed by atoms with E-state index in [4.69, 9.17) is 33.2 Å². The van der Waals surface area contributed by atoms with E-state index in [2.05, 4.69) is 0 Å². The highest BCUT2D eigenvalue weighted by atomic mass is 16.8. The summed E-state index contributed by atoms with van der Waals surface area (Å²) in [7, 11) is 0. The highest BCUT2D eigenvalue weighted by molar-refractivity contribution is 5.87. The molecule has 2 aromatic rings. The maximum atomic E-state index is 13.3. The first-order valence-corrected chi connectivity index (χ1v) is 17.2. The number of benzene rings is 2. The third-order valence-corrected chi connectivity index (χ3v) is 9.36. The van der Waals surface area contributed by atoms with Gasteiger partial charge in [0.25, 0.3) is 0 Å². The molecule has 3 aliphatic heterocycles. The Labute approximate surface area is 313 Å². The summed E-state index contributed by atoms with van der Waals surface area (Å²) in [5.74, 6) is -2.72. The number of hydrogen-bond acceptors (Lipinski definition) is 20. The molecule has 306 valence electrons. The first kappa shape index (κ1) is 42.4. The summed E-state index contributed by atoms with van der Waals surface area (Å²) in [4.78, 5) is 13.3. The van der Waals surface area contributed by atoms with Crippen molar-refractivity contribution < 1.29 is 99.2 Å². The van der Waals surface area contributed by atoms with Crippen molar-refractivity contribution in [2.24, 2.45) is 0 Å². The lowest BCUT2D eigenvalue weighted by Gasteiger charge is -2.47. The lowest BCUT2D eigenvalue weighted by molar-refractivity contribution is -0.365. The number of carbonyl (C=O) groups is 1. The second kappa shape index (κ2) is 18.5. The Morgan fingerprint density at radius 2 is 1.29 bits per heavy atom. The minimum atomic E-state index is -1.97. The molecule has 55 heavy (non-hydrogen) atoms. The number of hydrogen-bond donors (Lipinski definition) is 12. The molecule has 0 radical (unpaired) electrons. The van der Waals surface area contributed by atoms with Crippen molar-refractivity contribution in [2.75, 3.05) is 19.8 Å². The summed E-state index contributed by atoms with van der Waals surface area (Å²) in [6.07, 6.45) is -22.7. The highest BCUT2D eigenvalue weighted by Gasteiger charge is 2.53. The number of aliphatic hydroxyl groups excluding tert-OH is 8. The Balaban J connectivity index is 1.44. The normalized spacial score (nSPS) is 36.9. The van der Waals surface area contributed by atoms with Gasteiger partial charge in [0, 0.05) is 6.08 Å². The van der Waals surface area contributed by atoms with Crippen LogP contribution in [0.25, 0.3) is 6.08 Å². The van der Waals surface area contributed by atoms with Crippen molar-refractivity contribution in [3.63, 3.8) is 0 Å².